The molecule has 0 aliphatic rings. The summed E-state index contributed by atoms with van der Waals surface area (Å²) < 4.78 is 22.5. The largest absolute Gasteiger partial charge is 0.397 e. The van der Waals surface area contributed by atoms with Crippen LogP contribution in [-0.4, -0.2) is 32.7 Å². The van der Waals surface area contributed by atoms with Gasteiger partial charge in [-0.05, 0) is 32.0 Å². The molecule has 0 aromatic heterocycles. The Balaban J connectivity index is 3.16. The van der Waals surface area contributed by atoms with E-state index in [1.54, 1.807) is 25.8 Å². The van der Waals surface area contributed by atoms with Crippen molar-refractivity contribution in [2.45, 2.75) is 24.3 Å². The molecule has 0 saturated carbocycles. The van der Waals surface area contributed by atoms with Crippen LogP contribution in [0.3, 0.4) is 0 Å². The van der Waals surface area contributed by atoms with E-state index < -0.39 is 15.6 Å². The Bertz CT molecular complexity index is 535. The standard InChI is InChI=1S/C11H19N3O3S/c1-11(2,15)7-14(3)10-6-8(18(13,16)17)4-5-9(10)12/h4-6,15H,7,12H2,1-3H3,(H2,13,16,17). The summed E-state index contributed by atoms with van der Waals surface area (Å²) in [5.74, 6) is 0. The average molecular weight is 273 g/mol. The van der Waals surface area contributed by atoms with Gasteiger partial charge in [0.2, 0.25) is 10.0 Å². The Labute approximate surface area is 107 Å². The third kappa shape index (κ3) is 3.86. The van der Waals surface area contributed by atoms with E-state index in [4.69, 9.17) is 10.9 Å². The zero-order chi connectivity index (χ0) is 14.1. The number of aliphatic hydroxyl groups is 1. The van der Waals surface area contributed by atoms with E-state index in [0.29, 0.717) is 17.9 Å². The maximum Gasteiger partial charge on any atom is 0.238 e. The fourth-order valence-corrected chi connectivity index (χ4v) is 2.23. The first-order valence-electron chi connectivity index (χ1n) is 5.36. The lowest BCUT2D eigenvalue weighted by Gasteiger charge is -2.28. The SMILES string of the molecule is CN(CC(C)(C)O)c1cc(S(N)(=O)=O)ccc1N. The van der Waals surface area contributed by atoms with Crippen molar-refractivity contribution in [3.05, 3.63) is 18.2 Å². The van der Waals surface area contributed by atoms with Crippen LogP contribution in [0.15, 0.2) is 23.1 Å². The van der Waals surface area contributed by atoms with Crippen LogP contribution in [0.2, 0.25) is 0 Å². The van der Waals surface area contributed by atoms with E-state index in [9.17, 15) is 13.5 Å². The molecule has 102 valence electrons. The van der Waals surface area contributed by atoms with Crippen molar-refractivity contribution in [1.29, 1.82) is 0 Å². The zero-order valence-electron chi connectivity index (χ0n) is 10.7. The summed E-state index contributed by atoms with van der Waals surface area (Å²) in [4.78, 5) is 1.68. The molecule has 0 spiro atoms. The van der Waals surface area contributed by atoms with Crippen LogP contribution in [0, 0.1) is 0 Å². The Morgan fingerprint density at radius 1 is 1.39 bits per heavy atom. The van der Waals surface area contributed by atoms with E-state index in [-0.39, 0.29) is 4.90 Å². The molecule has 0 aliphatic heterocycles. The third-order valence-electron chi connectivity index (χ3n) is 2.37. The van der Waals surface area contributed by atoms with Crippen LogP contribution in [-0.2, 0) is 10.0 Å². The van der Waals surface area contributed by atoms with Gasteiger partial charge < -0.3 is 15.7 Å². The average Bonchev–Trinajstić information content (AvgIpc) is 2.13. The lowest BCUT2D eigenvalue weighted by Crippen LogP contribution is -2.36. The lowest BCUT2D eigenvalue weighted by molar-refractivity contribution is 0.0886. The fourth-order valence-electron chi connectivity index (χ4n) is 1.70. The number of benzene rings is 1. The Morgan fingerprint density at radius 3 is 2.39 bits per heavy atom. The minimum atomic E-state index is -3.76. The van der Waals surface area contributed by atoms with Crippen molar-refractivity contribution >= 4 is 21.4 Å². The Morgan fingerprint density at radius 2 is 1.94 bits per heavy atom. The molecule has 0 fully saturated rings. The highest BCUT2D eigenvalue weighted by Crippen LogP contribution is 2.26. The number of hydrogen-bond donors (Lipinski definition) is 3. The molecule has 0 heterocycles. The Kier molecular flexibility index (Phi) is 3.89. The Hall–Kier alpha value is -1.31. The molecule has 1 aromatic carbocycles. The molecule has 0 radical (unpaired) electrons. The number of nitrogens with two attached hydrogens (primary N) is 2. The summed E-state index contributed by atoms with van der Waals surface area (Å²) in [6.07, 6.45) is 0. The number of anilines is 2. The molecule has 6 nitrogen and oxygen atoms in total. The van der Waals surface area contributed by atoms with Gasteiger partial charge in [0.15, 0.2) is 0 Å². The molecule has 1 aromatic rings. The highest BCUT2D eigenvalue weighted by Gasteiger charge is 2.19. The summed E-state index contributed by atoms with van der Waals surface area (Å²) in [5, 5.41) is 14.8. The third-order valence-corrected chi connectivity index (χ3v) is 3.28. The van der Waals surface area contributed by atoms with Gasteiger partial charge in [0.05, 0.1) is 21.9 Å². The predicted molar refractivity (Wildman–Crippen MR) is 71.8 cm³/mol. The van der Waals surface area contributed by atoms with E-state index in [1.165, 1.54) is 18.2 Å². The number of rotatable bonds is 4. The van der Waals surface area contributed by atoms with Crippen molar-refractivity contribution in [3.63, 3.8) is 0 Å². The van der Waals surface area contributed by atoms with Gasteiger partial charge in [0.25, 0.3) is 0 Å². The molecule has 0 bridgehead atoms. The minimum absolute atomic E-state index is 0.00528. The van der Waals surface area contributed by atoms with Crippen LogP contribution >= 0.6 is 0 Å². The molecule has 5 N–H and O–H groups in total. The topological polar surface area (TPSA) is 110 Å². The van der Waals surface area contributed by atoms with Crippen molar-refractivity contribution in [2.75, 3.05) is 24.2 Å². The van der Waals surface area contributed by atoms with Crippen LogP contribution in [0.25, 0.3) is 0 Å². The second-order valence-electron chi connectivity index (χ2n) is 4.93. The second-order valence-corrected chi connectivity index (χ2v) is 6.50. The van der Waals surface area contributed by atoms with E-state index in [0.717, 1.165) is 0 Å². The van der Waals surface area contributed by atoms with Gasteiger partial charge in [-0.2, -0.15) is 0 Å². The summed E-state index contributed by atoms with van der Waals surface area (Å²) in [6.45, 7) is 3.62. The molecular formula is C11H19N3O3S. The van der Waals surface area contributed by atoms with Gasteiger partial charge in [-0.1, -0.05) is 0 Å². The van der Waals surface area contributed by atoms with Gasteiger partial charge in [0, 0.05) is 13.6 Å². The number of primary sulfonamides is 1. The second kappa shape index (κ2) is 4.75. The van der Waals surface area contributed by atoms with Gasteiger partial charge in [-0.15, -0.1) is 0 Å². The van der Waals surface area contributed by atoms with Gasteiger partial charge in [0.1, 0.15) is 0 Å². The molecular weight excluding hydrogens is 254 g/mol. The van der Waals surface area contributed by atoms with Crippen LogP contribution in [0.1, 0.15) is 13.8 Å². The van der Waals surface area contributed by atoms with Gasteiger partial charge >= 0.3 is 0 Å². The maximum atomic E-state index is 11.3. The molecule has 18 heavy (non-hydrogen) atoms. The van der Waals surface area contributed by atoms with Crippen LogP contribution in [0.4, 0.5) is 11.4 Å². The van der Waals surface area contributed by atoms with Crippen LogP contribution < -0.4 is 15.8 Å². The number of nitrogens with zero attached hydrogens (tertiary/aromatic N) is 1. The molecule has 1 rings (SSSR count). The molecule has 0 amide bonds. The molecule has 0 atom stereocenters. The lowest BCUT2D eigenvalue weighted by atomic mass is 10.1. The summed E-state index contributed by atoms with van der Waals surface area (Å²) in [7, 11) is -2.05. The molecule has 0 unspecified atom stereocenters. The van der Waals surface area contributed by atoms with Crippen molar-refractivity contribution < 1.29 is 13.5 Å². The van der Waals surface area contributed by atoms with Crippen LogP contribution in [0.5, 0.6) is 0 Å². The summed E-state index contributed by atoms with van der Waals surface area (Å²) in [6, 6.07) is 4.23. The number of nitrogen functional groups attached to an aromatic ring is 1. The van der Waals surface area contributed by atoms with Crippen molar-refractivity contribution in [3.8, 4) is 0 Å². The first kappa shape index (κ1) is 14.7. The smallest absolute Gasteiger partial charge is 0.238 e. The highest BCUT2D eigenvalue weighted by molar-refractivity contribution is 7.89. The van der Waals surface area contributed by atoms with E-state index in [1.807, 2.05) is 0 Å². The quantitative estimate of drug-likeness (QED) is 0.675. The number of sulfonamides is 1. The zero-order valence-corrected chi connectivity index (χ0v) is 11.5. The number of hydrogen-bond acceptors (Lipinski definition) is 5. The summed E-state index contributed by atoms with van der Waals surface area (Å²) in [5.41, 5.74) is 5.82. The molecule has 7 heteroatoms. The molecule has 0 saturated heterocycles. The van der Waals surface area contributed by atoms with Gasteiger partial charge in [-0.3, -0.25) is 0 Å². The van der Waals surface area contributed by atoms with E-state index in [2.05, 4.69) is 0 Å². The van der Waals surface area contributed by atoms with Gasteiger partial charge in [-0.25, -0.2) is 13.6 Å². The molecule has 0 aliphatic carbocycles. The monoisotopic (exact) mass is 273 g/mol. The highest BCUT2D eigenvalue weighted by atomic mass is 32.2. The number of likely N-dealkylation sites (N-methyl/N-ethyl adjacent to an activating group) is 1. The fraction of sp³-hybridized carbons (Fsp3) is 0.455. The normalized spacial score (nSPS) is 12.5. The predicted octanol–water partition coefficient (Wildman–Crippen LogP) is 0.123. The van der Waals surface area contributed by atoms with Crippen molar-refractivity contribution in [1.82, 2.24) is 0 Å². The first-order chi connectivity index (χ1) is 8.00. The summed E-state index contributed by atoms with van der Waals surface area (Å²) >= 11 is 0. The first-order valence-corrected chi connectivity index (χ1v) is 6.91. The van der Waals surface area contributed by atoms with E-state index >= 15 is 0 Å². The van der Waals surface area contributed by atoms with Crippen molar-refractivity contribution in [2.24, 2.45) is 5.14 Å². The maximum absolute atomic E-state index is 11.3. The minimum Gasteiger partial charge on any atom is -0.397 e.